The highest BCUT2D eigenvalue weighted by Crippen LogP contribution is 2.14. The summed E-state index contributed by atoms with van der Waals surface area (Å²) >= 11 is 0. The molecule has 2 rings (SSSR count). The van der Waals surface area contributed by atoms with Crippen molar-refractivity contribution in [2.24, 2.45) is 5.73 Å². The van der Waals surface area contributed by atoms with E-state index in [1.807, 2.05) is 0 Å². The van der Waals surface area contributed by atoms with Crippen molar-refractivity contribution >= 4 is 15.9 Å². The number of nitrogens with one attached hydrogen (secondary N) is 1. The van der Waals surface area contributed by atoms with Crippen LogP contribution in [0.1, 0.15) is 6.92 Å². The molecule has 0 aliphatic carbocycles. The highest BCUT2D eigenvalue weighted by molar-refractivity contribution is 7.89. The molecule has 9 nitrogen and oxygen atoms in total. The molecule has 106 valence electrons. The minimum atomic E-state index is -3.85. The van der Waals surface area contributed by atoms with Crippen LogP contribution in [-0.4, -0.2) is 40.6 Å². The lowest BCUT2D eigenvalue weighted by atomic mass is 10.3. The summed E-state index contributed by atoms with van der Waals surface area (Å²) in [6, 6.07) is 4.96. The van der Waals surface area contributed by atoms with Crippen molar-refractivity contribution in [1.29, 1.82) is 0 Å². The van der Waals surface area contributed by atoms with E-state index < -0.39 is 22.0 Å². The van der Waals surface area contributed by atoms with Gasteiger partial charge in [0.15, 0.2) is 0 Å². The minimum Gasteiger partial charge on any atom is -0.368 e. The lowest BCUT2D eigenvalue weighted by Crippen LogP contribution is -2.42. The van der Waals surface area contributed by atoms with E-state index in [-0.39, 0.29) is 4.90 Å². The molecular formula is C10H12N6O3S. The van der Waals surface area contributed by atoms with E-state index in [2.05, 4.69) is 20.2 Å². The fourth-order valence-corrected chi connectivity index (χ4v) is 2.68. The normalized spacial score (nSPS) is 13.1. The third kappa shape index (κ3) is 2.97. The van der Waals surface area contributed by atoms with E-state index in [1.54, 1.807) is 12.1 Å². The highest BCUT2D eigenvalue weighted by atomic mass is 32.2. The van der Waals surface area contributed by atoms with Gasteiger partial charge in [0.1, 0.15) is 6.33 Å². The summed E-state index contributed by atoms with van der Waals surface area (Å²) in [6.07, 6.45) is 1.34. The Kier molecular flexibility index (Phi) is 3.77. The Morgan fingerprint density at radius 1 is 1.45 bits per heavy atom. The van der Waals surface area contributed by atoms with Gasteiger partial charge in [0.25, 0.3) is 0 Å². The number of primary amides is 1. The summed E-state index contributed by atoms with van der Waals surface area (Å²) < 4.78 is 27.7. The highest BCUT2D eigenvalue weighted by Gasteiger charge is 2.20. The Labute approximate surface area is 114 Å². The number of aromatic nitrogens is 4. The van der Waals surface area contributed by atoms with Crippen LogP contribution in [0.2, 0.25) is 0 Å². The Hall–Kier alpha value is -2.33. The number of carbonyl (C=O) groups is 1. The van der Waals surface area contributed by atoms with Crippen molar-refractivity contribution in [3.8, 4) is 5.69 Å². The lowest BCUT2D eigenvalue weighted by Gasteiger charge is -2.11. The molecule has 0 saturated carbocycles. The summed E-state index contributed by atoms with van der Waals surface area (Å²) in [5.41, 5.74) is 5.51. The molecule has 0 saturated heterocycles. The molecule has 3 N–H and O–H groups in total. The largest absolute Gasteiger partial charge is 0.368 e. The van der Waals surface area contributed by atoms with Crippen molar-refractivity contribution < 1.29 is 13.2 Å². The van der Waals surface area contributed by atoms with Crippen LogP contribution in [0, 0.1) is 0 Å². The van der Waals surface area contributed by atoms with Gasteiger partial charge in [0.05, 0.1) is 16.6 Å². The molecule has 1 aromatic heterocycles. The molecule has 1 heterocycles. The second-order valence-corrected chi connectivity index (χ2v) is 5.71. The van der Waals surface area contributed by atoms with Gasteiger partial charge in [-0.1, -0.05) is 6.07 Å². The average Bonchev–Trinajstić information content (AvgIpc) is 2.92. The van der Waals surface area contributed by atoms with Crippen molar-refractivity contribution in [1.82, 2.24) is 24.9 Å². The molecule has 0 bridgehead atoms. The summed E-state index contributed by atoms with van der Waals surface area (Å²) in [5, 5.41) is 10.6. The second kappa shape index (κ2) is 5.35. The minimum absolute atomic E-state index is 0.0152. The standard InChI is InChI=1S/C10H12N6O3S/c1-7(10(11)17)13-20(18,19)9-4-2-3-8(5-9)16-6-12-14-15-16/h2-7,13H,1H3,(H2,11,17)/t7-/m0/s1. The first kappa shape index (κ1) is 14.1. The van der Waals surface area contributed by atoms with Crippen LogP contribution in [0.25, 0.3) is 5.69 Å². The number of hydrogen-bond donors (Lipinski definition) is 2. The lowest BCUT2D eigenvalue weighted by molar-refractivity contribution is -0.119. The zero-order valence-electron chi connectivity index (χ0n) is 10.5. The molecule has 1 atom stereocenters. The Balaban J connectivity index is 2.33. The van der Waals surface area contributed by atoms with Gasteiger partial charge < -0.3 is 5.73 Å². The van der Waals surface area contributed by atoms with Crippen LogP contribution in [-0.2, 0) is 14.8 Å². The van der Waals surface area contributed by atoms with Crippen molar-refractivity contribution in [3.05, 3.63) is 30.6 Å². The third-order valence-corrected chi connectivity index (χ3v) is 4.04. The number of amides is 1. The number of nitrogens with zero attached hydrogens (tertiary/aromatic N) is 4. The number of tetrazole rings is 1. The number of rotatable bonds is 5. The SMILES string of the molecule is C[C@H](NS(=O)(=O)c1cccc(-n2cnnn2)c1)C(N)=O. The summed E-state index contributed by atoms with van der Waals surface area (Å²) in [5.74, 6) is -0.759. The molecule has 0 aliphatic heterocycles. The van der Waals surface area contributed by atoms with E-state index >= 15 is 0 Å². The first-order valence-electron chi connectivity index (χ1n) is 5.55. The molecule has 20 heavy (non-hydrogen) atoms. The van der Waals surface area contributed by atoms with Crippen LogP contribution in [0.3, 0.4) is 0 Å². The number of sulfonamides is 1. The van der Waals surface area contributed by atoms with Crippen LogP contribution in [0.4, 0.5) is 0 Å². The number of hydrogen-bond acceptors (Lipinski definition) is 6. The van der Waals surface area contributed by atoms with E-state index in [0.29, 0.717) is 5.69 Å². The molecule has 0 unspecified atom stereocenters. The van der Waals surface area contributed by atoms with Gasteiger partial charge in [0, 0.05) is 0 Å². The van der Waals surface area contributed by atoms with Gasteiger partial charge in [-0.25, -0.2) is 13.1 Å². The maximum absolute atomic E-state index is 12.1. The number of carbonyl (C=O) groups excluding carboxylic acids is 1. The first-order chi connectivity index (χ1) is 9.40. The quantitative estimate of drug-likeness (QED) is 0.713. The van der Waals surface area contributed by atoms with Gasteiger partial charge in [0.2, 0.25) is 15.9 Å². The van der Waals surface area contributed by atoms with Gasteiger partial charge in [-0.3, -0.25) is 4.79 Å². The predicted octanol–water partition coefficient (Wildman–Crippen LogP) is -1.19. The molecule has 2 aromatic rings. The second-order valence-electron chi connectivity index (χ2n) is 4.00. The average molecular weight is 296 g/mol. The Bertz CT molecular complexity index is 712. The van der Waals surface area contributed by atoms with E-state index in [0.717, 1.165) is 0 Å². The van der Waals surface area contributed by atoms with Gasteiger partial charge in [-0.05, 0) is 35.5 Å². The van der Waals surface area contributed by atoms with E-state index in [9.17, 15) is 13.2 Å². The molecular weight excluding hydrogens is 284 g/mol. The molecule has 0 radical (unpaired) electrons. The summed E-state index contributed by atoms with van der Waals surface area (Å²) in [7, 11) is -3.85. The van der Waals surface area contributed by atoms with E-state index in [4.69, 9.17) is 5.73 Å². The Morgan fingerprint density at radius 2 is 2.20 bits per heavy atom. The molecule has 0 aliphatic rings. The molecule has 0 fully saturated rings. The van der Waals surface area contributed by atoms with Gasteiger partial charge in [-0.15, -0.1) is 5.10 Å². The maximum atomic E-state index is 12.1. The fourth-order valence-electron chi connectivity index (χ4n) is 1.43. The predicted molar refractivity (Wildman–Crippen MR) is 68.1 cm³/mol. The summed E-state index contributed by atoms with van der Waals surface area (Å²) in [4.78, 5) is 10.9. The third-order valence-electron chi connectivity index (χ3n) is 2.50. The number of nitrogens with two attached hydrogens (primary N) is 1. The van der Waals surface area contributed by atoms with Crippen LogP contribution >= 0.6 is 0 Å². The smallest absolute Gasteiger partial charge is 0.241 e. The maximum Gasteiger partial charge on any atom is 0.241 e. The monoisotopic (exact) mass is 296 g/mol. The van der Waals surface area contributed by atoms with Crippen molar-refractivity contribution in [2.45, 2.75) is 17.9 Å². The topological polar surface area (TPSA) is 133 Å². The van der Waals surface area contributed by atoms with Crippen molar-refractivity contribution in [3.63, 3.8) is 0 Å². The van der Waals surface area contributed by atoms with Crippen LogP contribution in [0.15, 0.2) is 35.5 Å². The Morgan fingerprint density at radius 3 is 2.80 bits per heavy atom. The summed E-state index contributed by atoms with van der Waals surface area (Å²) in [6.45, 7) is 1.37. The van der Waals surface area contributed by atoms with Crippen molar-refractivity contribution in [2.75, 3.05) is 0 Å². The fraction of sp³-hybridized carbons (Fsp3) is 0.200. The van der Waals surface area contributed by atoms with Crippen LogP contribution < -0.4 is 10.5 Å². The van der Waals surface area contributed by atoms with Gasteiger partial charge >= 0.3 is 0 Å². The zero-order chi connectivity index (χ0) is 14.8. The van der Waals surface area contributed by atoms with E-state index in [1.165, 1.54) is 30.1 Å². The molecule has 1 amide bonds. The van der Waals surface area contributed by atoms with Gasteiger partial charge in [-0.2, -0.15) is 4.72 Å². The molecule has 0 spiro atoms. The molecule has 1 aromatic carbocycles. The first-order valence-corrected chi connectivity index (χ1v) is 7.03. The number of benzene rings is 1. The molecule has 10 heteroatoms. The zero-order valence-corrected chi connectivity index (χ0v) is 11.3. The van der Waals surface area contributed by atoms with Crippen LogP contribution in [0.5, 0.6) is 0 Å².